The number of hydrogen-bond acceptors (Lipinski definition) is 3. The van der Waals surface area contributed by atoms with Gasteiger partial charge in [0.05, 0.1) is 5.56 Å². The number of nitrogens with one attached hydrogen (secondary N) is 1. The van der Waals surface area contributed by atoms with E-state index in [2.05, 4.69) is 5.32 Å². The summed E-state index contributed by atoms with van der Waals surface area (Å²) in [6, 6.07) is 12.2. The molecule has 114 valence electrons. The smallest absolute Gasteiger partial charge is 0.262 e. The van der Waals surface area contributed by atoms with Crippen LogP contribution in [0.3, 0.4) is 0 Å². The third-order valence-electron chi connectivity index (χ3n) is 2.98. The fourth-order valence-electron chi connectivity index (χ4n) is 1.97. The lowest BCUT2D eigenvalue weighted by molar-refractivity contribution is -0.118. The number of Topliss-reactive ketones (excluding diaryl/α,β-unsaturated/α-hetero) is 1. The Kier molecular flexibility index (Phi) is 5.17. The molecule has 2 aromatic rings. The average molecular weight is 318 g/mol. The second-order valence-corrected chi connectivity index (χ2v) is 5.34. The molecule has 0 unspecified atom stereocenters. The topological polar surface area (TPSA) is 55.4 Å². The van der Waals surface area contributed by atoms with Gasteiger partial charge in [-0.15, -0.1) is 0 Å². The summed E-state index contributed by atoms with van der Waals surface area (Å²) in [5, 5.41) is 3.18. The Balaban J connectivity index is 2.01. The van der Waals surface area contributed by atoms with Crippen LogP contribution < -0.4 is 10.1 Å². The molecule has 22 heavy (non-hydrogen) atoms. The Morgan fingerprint density at radius 2 is 1.95 bits per heavy atom. The van der Waals surface area contributed by atoms with Crippen molar-refractivity contribution in [2.75, 3.05) is 11.9 Å². The molecule has 0 aliphatic heterocycles. The molecule has 0 aliphatic rings. The van der Waals surface area contributed by atoms with E-state index in [0.29, 0.717) is 22.0 Å². The number of halogens is 1. The number of carbonyl (C=O) groups excluding carboxylic acids is 2. The molecule has 1 amide bonds. The highest BCUT2D eigenvalue weighted by molar-refractivity contribution is 6.31. The second kappa shape index (κ2) is 7.09. The molecule has 0 bridgehead atoms. The van der Waals surface area contributed by atoms with Crippen LogP contribution in [-0.2, 0) is 4.79 Å². The van der Waals surface area contributed by atoms with E-state index in [-0.39, 0.29) is 18.3 Å². The molecular weight excluding hydrogens is 302 g/mol. The van der Waals surface area contributed by atoms with Crippen molar-refractivity contribution in [1.82, 2.24) is 0 Å². The second-order valence-electron chi connectivity index (χ2n) is 4.90. The third-order valence-corrected chi connectivity index (χ3v) is 3.22. The van der Waals surface area contributed by atoms with Crippen molar-refractivity contribution < 1.29 is 14.3 Å². The maximum absolute atomic E-state index is 11.9. The van der Waals surface area contributed by atoms with Crippen molar-refractivity contribution in [3.05, 3.63) is 58.6 Å². The van der Waals surface area contributed by atoms with Crippen molar-refractivity contribution in [2.24, 2.45) is 0 Å². The summed E-state index contributed by atoms with van der Waals surface area (Å²) in [5.41, 5.74) is 2.11. The highest BCUT2D eigenvalue weighted by Gasteiger charge is 2.11. The summed E-state index contributed by atoms with van der Waals surface area (Å²) in [7, 11) is 0. The van der Waals surface area contributed by atoms with Crippen LogP contribution in [0.2, 0.25) is 5.02 Å². The minimum atomic E-state index is -0.296. The van der Waals surface area contributed by atoms with Gasteiger partial charge in [0.15, 0.2) is 12.4 Å². The molecule has 0 saturated carbocycles. The molecule has 0 atom stereocenters. The number of aryl methyl sites for hydroxylation is 1. The molecule has 2 aromatic carbocycles. The van der Waals surface area contributed by atoms with Gasteiger partial charge < -0.3 is 10.1 Å². The molecule has 0 fully saturated rings. The normalized spacial score (nSPS) is 10.1. The van der Waals surface area contributed by atoms with Gasteiger partial charge in [0, 0.05) is 10.7 Å². The molecule has 4 nitrogen and oxygen atoms in total. The molecule has 2 rings (SSSR count). The van der Waals surface area contributed by atoms with Crippen molar-refractivity contribution in [3.8, 4) is 5.75 Å². The fourth-order valence-corrected chi connectivity index (χ4v) is 2.14. The number of anilines is 1. The highest BCUT2D eigenvalue weighted by Crippen LogP contribution is 2.23. The SMILES string of the molecule is CC(=O)c1cc(Cl)ccc1OCC(=O)Nc1cccc(C)c1. The summed E-state index contributed by atoms with van der Waals surface area (Å²) in [5.74, 6) is -0.122. The summed E-state index contributed by atoms with van der Waals surface area (Å²) >= 11 is 5.86. The van der Waals surface area contributed by atoms with Crippen molar-refractivity contribution in [3.63, 3.8) is 0 Å². The van der Waals surface area contributed by atoms with Crippen molar-refractivity contribution in [2.45, 2.75) is 13.8 Å². The first kappa shape index (κ1) is 16.0. The molecule has 0 spiro atoms. The lowest BCUT2D eigenvalue weighted by atomic mass is 10.1. The molecule has 0 saturated heterocycles. The largest absolute Gasteiger partial charge is 0.483 e. The zero-order chi connectivity index (χ0) is 16.1. The van der Waals surface area contributed by atoms with Gasteiger partial charge in [0.2, 0.25) is 0 Å². The number of carbonyl (C=O) groups is 2. The summed E-state index contributed by atoms with van der Waals surface area (Å²) in [4.78, 5) is 23.5. The summed E-state index contributed by atoms with van der Waals surface area (Å²) in [6.45, 7) is 3.18. The standard InChI is InChI=1S/C17H16ClNO3/c1-11-4-3-5-14(8-11)19-17(21)10-22-16-7-6-13(18)9-15(16)12(2)20/h3-9H,10H2,1-2H3,(H,19,21). The van der Waals surface area contributed by atoms with Crippen LogP contribution in [0.25, 0.3) is 0 Å². The Morgan fingerprint density at radius 1 is 1.18 bits per heavy atom. The number of amides is 1. The van der Waals surface area contributed by atoms with Gasteiger partial charge >= 0.3 is 0 Å². The van der Waals surface area contributed by atoms with Crippen LogP contribution in [0.4, 0.5) is 5.69 Å². The van der Waals surface area contributed by atoms with Crippen molar-refractivity contribution in [1.29, 1.82) is 0 Å². The molecular formula is C17H16ClNO3. The quantitative estimate of drug-likeness (QED) is 0.852. The number of ketones is 1. The van der Waals surface area contributed by atoms with E-state index in [1.54, 1.807) is 18.2 Å². The third kappa shape index (κ3) is 4.33. The van der Waals surface area contributed by atoms with Gasteiger partial charge in [-0.2, -0.15) is 0 Å². The first-order valence-electron chi connectivity index (χ1n) is 6.75. The monoisotopic (exact) mass is 317 g/mol. The van der Waals surface area contributed by atoms with Gasteiger partial charge in [-0.3, -0.25) is 9.59 Å². The lowest BCUT2D eigenvalue weighted by Crippen LogP contribution is -2.20. The molecule has 0 radical (unpaired) electrons. The zero-order valence-corrected chi connectivity index (χ0v) is 13.1. The van der Waals surface area contributed by atoms with E-state index in [4.69, 9.17) is 16.3 Å². The predicted molar refractivity (Wildman–Crippen MR) is 86.8 cm³/mol. The van der Waals surface area contributed by atoms with E-state index >= 15 is 0 Å². The summed E-state index contributed by atoms with van der Waals surface area (Å²) in [6.07, 6.45) is 0. The molecule has 1 N–H and O–H groups in total. The van der Waals surface area contributed by atoms with Gasteiger partial charge in [0.25, 0.3) is 5.91 Å². The van der Waals surface area contributed by atoms with Crippen molar-refractivity contribution >= 4 is 29.0 Å². The first-order chi connectivity index (χ1) is 10.5. The van der Waals surface area contributed by atoms with Crippen LogP contribution in [0.5, 0.6) is 5.75 Å². The Morgan fingerprint density at radius 3 is 2.64 bits per heavy atom. The van der Waals surface area contributed by atoms with E-state index < -0.39 is 0 Å². The molecule has 0 aliphatic carbocycles. The van der Waals surface area contributed by atoms with E-state index in [1.807, 2.05) is 25.1 Å². The fraction of sp³-hybridized carbons (Fsp3) is 0.176. The number of ether oxygens (including phenoxy) is 1. The van der Waals surface area contributed by atoms with Crippen LogP contribution >= 0.6 is 11.6 Å². The Bertz CT molecular complexity index is 713. The van der Waals surface area contributed by atoms with Gasteiger partial charge in [-0.05, 0) is 49.7 Å². The molecule has 0 heterocycles. The number of rotatable bonds is 5. The molecule has 0 aromatic heterocycles. The van der Waals surface area contributed by atoms with E-state index in [1.165, 1.54) is 13.0 Å². The zero-order valence-electron chi connectivity index (χ0n) is 12.4. The van der Waals surface area contributed by atoms with Gasteiger partial charge in [0.1, 0.15) is 5.75 Å². The average Bonchev–Trinajstić information content (AvgIpc) is 2.45. The van der Waals surface area contributed by atoms with Crippen LogP contribution in [0.15, 0.2) is 42.5 Å². The first-order valence-corrected chi connectivity index (χ1v) is 7.13. The minimum absolute atomic E-state index is 0.170. The Labute approximate surface area is 134 Å². The number of benzene rings is 2. The van der Waals surface area contributed by atoms with E-state index in [0.717, 1.165) is 5.56 Å². The predicted octanol–water partition coefficient (Wildman–Crippen LogP) is 3.87. The number of hydrogen-bond donors (Lipinski definition) is 1. The van der Waals surface area contributed by atoms with Crippen LogP contribution in [-0.4, -0.2) is 18.3 Å². The summed E-state index contributed by atoms with van der Waals surface area (Å²) < 4.78 is 5.43. The maximum Gasteiger partial charge on any atom is 0.262 e. The highest BCUT2D eigenvalue weighted by atomic mass is 35.5. The molecule has 5 heteroatoms. The van der Waals surface area contributed by atoms with Gasteiger partial charge in [-0.1, -0.05) is 23.7 Å². The maximum atomic E-state index is 11.9. The minimum Gasteiger partial charge on any atom is -0.483 e. The van der Waals surface area contributed by atoms with E-state index in [9.17, 15) is 9.59 Å². The Hall–Kier alpha value is -2.33. The van der Waals surface area contributed by atoms with Crippen LogP contribution in [0.1, 0.15) is 22.8 Å². The van der Waals surface area contributed by atoms with Crippen LogP contribution in [0, 0.1) is 6.92 Å². The van der Waals surface area contributed by atoms with Gasteiger partial charge in [-0.25, -0.2) is 0 Å². The lowest BCUT2D eigenvalue weighted by Gasteiger charge is -2.10.